The van der Waals surface area contributed by atoms with E-state index in [-0.39, 0.29) is 12.4 Å². The molecule has 0 amide bonds. The molecule has 0 saturated heterocycles. The molecule has 0 bridgehead atoms. The average Bonchev–Trinajstić information content (AvgIpc) is 2.37. The molecule has 0 aliphatic carbocycles. The van der Waals surface area contributed by atoms with Gasteiger partial charge in [0, 0.05) is 22.7 Å². The Hall–Kier alpha value is -1.49. The first kappa shape index (κ1) is 13.0. The lowest BCUT2D eigenvalue weighted by Crippen LogP contribution is -2.01. The fourth-order valence-corrected chi connectivity index (χ4v) is 1.95. The summed E-state index contributed by atoms with van der Waals surface area (Å²) >= 11 is 3.26. The molecule has 0 aliphatic heterocycles. The molecule has 0 unspecified atom stereocenters. The molecule has 1 heterocycles. The van der Waals surface area contributed by atoms with Gasteiger partial charge in [-0.15, -0.1) is 0 Å². The molecule has 1 aromatic carbocycles. The number of ether oxygens (including phenoxy) is 1. The van der Waals surface area contributed by atoms with Crippen molar-refractivity contribution in [3.8, 4) is 5.75 Å². The van der Waals surface area contributed by atoms with Gasteiger partial charge in [-0.05, 0) is 12.1 Å². The maximum absolute atomic E-state index is 13.6. The molecular weight excluding hydrogens is 304 g/mol. The SMILES string of the molecule is Fc1cncc(COc2c(F)cccc2CBr)c1. The van der Waals surface area contributed by atoms with Crippen LogP contribution in [-0.4, -0.2) is 4.98 Å². The fourth-order valence-electron chi connectivity index (χ4n) is 1.51. The number of nitrogens with zero attached hydrogens (tertiary/aromatic N) is 1. The Labute approximate surface area is 112 Å². The van der Waals surface area contributed by atoms with Crippen LogP contribution >= 0.6 is 15.9 Å². The molecule has 5 heteroatoms. The van der Waals surface area contributed by atoms with Gasteiger partial charge < -0.3 is 4.74 Å². The zero-order valence-corrected chi connectivity index (χ0v) is 11.0. The van der Waals surface area contributed by atoms with Crippen molar-refractivity contribution in [2.75, 3.05) is 0 Å². The highest BCUT2D eigenvalue weighted by Crippen LogP contribution is 2.25. The third-order valence-electron chi connectivity index (χ3n) is 2.34. The molecule has 0 atom stereocenters. The normalized spacial score (nSPS) is 10.4. The molecule has 2 aromatic rings. The summed E-state index contributed by atoms with van der Waals surface area (Å²) in [6.07, 6.45) is 2.59. The molecule has 1 aromatic heterocycles. The summed E-state index contributed by atoms with van der Waals surface area (Å²) in [6.45, 7) is 0.0751. The molecule has 0 N–H and O–H groups in total. The molecule has 2 nitrogen and oxygen atoms in total. The van der Waals surface area contributed by atoms with Crippen LogP contribution in [-0.2, 0) is 11.9 Å². The number of rotatable bonds is 4. The van der Waals surface area contributed by atoms with E-state index in [9.17, 15) is 8.78 Å². The van der Waals surface area contributed by atoms with Gasteiger partial charge in [-0.2, -0.15) is 0 Å². The number of aromatic nitrogens is 1. The fraction of sp³-hybridized carbons (Fsp3) is 0.154. The Morgan fingerprint density at radius 3 is 2.78 bits per heavy atom. The lowest BCUT2D eigenvalue weighted by molar-refractivity contribution is 0.287. The van der Waals surface area contributed by atoms with Crippen molar-refractivity contribution < 1.29 is 13.5 Å². The Morgan fingerprint density at radius 2 is 2.06 bits per heavy atom. The molecule has 18 heavy (non-hydrogen) atoms. The van der Waals surface area contributed by atoms with E-state index in [0.717, 1.165) is 6.20 Å². The molecule has 0 spiro atoms. The number of benzene rings is 1. The monoisotopic (exact) mass is 313 g/mol. The van der Waals surface area contributed by atoms with Crippen LogP contribution in [0.1, 0.15) is 11.1 Å². The van der Waals surface area contributed by atoms with Gasteiger partial charge in [-0.1, -0.05) is 28.1 Å². The standard InChI is InChI=1S/C13H10BrF2NO/c14-5-10-2-1-3-12(16)13(10)18-8-9-4-11(15)7-17-6-9/h1-4,6-7H,5,8H2. The number of para-hydroxylation sites is 1. The second kappa shape index (κ2) is 5.91. The van der Waals surface area contributed by atoms with Crippen molar-refractivity contribution in [1.82, 2.24) is 4.98 Å². The summed E-state index contributed by atoms with van der Waals surface area (Å²) in [6, 6.07) is 6.01. The van der Waals surface area contributed by atoms with Crippen LogP contribution in [0, 0.1) is 11.6 Å². The Bertz CT molecular complexity index is 548. The molecule has 2 rings (SSSR count). The van der Waals surface area contributed by atoms with Crippen molar-refractivity contribution >= 4 is 15.9 Å². The Morgan fingerprint density at radius 1 is 1.22 bits per heavy atom. The topological polar surface area (TPSA) is 22.1 Å². The van der Waals surface area contributed by atoms with Crippen LogP contribution in [0.25, 0.3) is 0 Å². The first-order valence-corrected chi connectivity index (χ1v) is 6.38. The first-order valence-electron chi connectivity index (χ1n) is 5.26. The van der Waals surface area contributed by atoms with E-state index >= 15 is 0 Å². The average molecular weight is 314 g/mol. The largest absolute Gasteiger partial charge is 0.485 e. The van der Waals surface area contributed by atoms with Crippen LogP contribution in [0.15, 0.2) is 36.7 Å². The minimum atomic E-state index is -0.439. The van der Waals surface area contributed by atoms with Gasteiger partial charge in [0.1, 0.15) is 12.4 Å². The number of pyridine rings is 1. The summed E-state index contributed by atoms with van der Waals surface area (Å²) < 4.78 is 31.9. The Kier molecular flexibility index (Phi) is 4.25. The lowest BCUT2D eigenvalue weighted by atomic mass is 10.2. The summed E-state index contributed by atoms with van der Waals surface area (Å²) in [5, 5.41) is 0.488. The van der Waals surface area contributed by atoms with Crippen molar-refractivity contribution in [2.24, 2.45) is 0 Å². The van der Waals surface area contributed by atoms with E-state index in [0.29, 0.717) is 16.5 Å². The number of hydrogen-bond donors (Lipinski definition) is 0. The minimum absolute atomic E-state index is 0.0751. The third-order valence-corrected chi connectivity index (χ3v) is 2.94. The molecule has 0 radical (unpaired) electrons. The minimum Gasteiger partial charge on any atom is -0.485 e. The van der Waals surface area contributed by atoms with E-state index in [1.807, 2.05) is 0 Å². The first-order chi connectivity index (χ1) is 8.70. The van der Waals surface area contributed by atoms with Crippen LogP contribution in [0.2, 0.25) is 0 Å². The van der Waals surface area contributed by atoms with Crippen molar-refractivity contribution in [3.63, 3.8) is 0 Å². The summed E-state index contributed by atoms with van der Waals surface area (Å²) in [5.41, 5.74) is 1.26. The molecule has 0 saturated carbocycles. The maximum atomic E-state index is 13.6. The van der Waals surface area contributed by atoms with Crippen LogP contribution in [0.3, 0.4) is 0 Å². The predicted molar refractivity (Wildman–Crippen MR) is 67.6 cm³/mol. The Balaban J connectivity index is 2.15. The predicted octanol–water partition coefficient (Wildman–Crippen LogP) is 3.83. The van der Waals surface area contributed by atoms with E-state index in [1.54, 1.807) is 12.1 Å². The van der Waals surface area contributed by atoms with Gasteiger partial charge in [0.25, 0.3) is 0 Å². The summed E-state index contributed by atoms with van der Waals surface area (Å²) in [7, 11) is 0. The zero-order valence-electron chi connectivity index (χ0n) is 9.37. The second-order valence-electron chi connectivity index (χ2n) is 3.66. The number of hydrogen-bond acceptors (Lipinski definition) is 2. The molecule has 94 valence electrons. The van der Waals surface area contributed by atoms with Crippen LogP contribution < -0.4 is 4.74 Å². The molecular formula is C13H10BrF2NO. The zero-order chi connectivity index (χ0) is 13.0. The van der Waals surface area contributed by atoms with Crippen molar-refractivity contribution in [1.29, 1.82) is 0 Å². The van der Waals surface area contributed by atoms with Gasteiger partial charge in [-0.3, -0.25) is 4.98 Å². The molecule has 0 aliphatic rings. The highest BCUT2D eigenvalue weighted by atomic mass is 79.9. The van der Waals surface area contributed by atoms with Crippen molar-refractivity contribution in [3.05, 3.63) is 59.4 Å². The van der Waals surface area contributed by atoms with Crippen LogP contribution in [0.5, 0.6) is 5.75 Å². The highest BCUT2D eigenvalue weighted by Gasteiger charge is 2.09. The van der Waals surface area contributed by atoms with Gasteiger partial charge in [0.15, 0.2) is 11.6 Å². The second-order valence-corrected chi connectivity index (χ2v) is 4.22. The summed E-state index contributed by atoms with van der Waals surface area (Å²) in [4.78, 5) is 3.70. The maximum Gasteiger partial charge on any atom is 0.165 e. The number of alkyl halides is 1. The van der Waals surface area contributed by atoms with E-state index in [2.05, 4.69) is 20.9 Å². The van der Waals surface area contributed by atoms with Crippen molar-refractivity contribution in [2.45, 2.75) is 11.9 Å². The van der Waals surface area contributed by atoms with E-state index in [4.69, 9.17) is 4.74 Å². The van der Waals surface area contributed by atoms with Gasteiger partial charge in [0.05, 0.1) is 6.20 Å². The smallest absolute Gasteiger partial charge is 0.165 e. The highest BCUT2D eigenvalue weighted by molar-refractivity contribution is 9.08. The van der Waals surface area contributed by atoms with E-state index < -0.39 is 11.6 Å². The van der Waals surface area contributed by atoms with Gasteiger partial charge in [-0.25, -0.2) is 8.78 Å². The lowest BCUT2D eigenvalue weighted by Gasteiger charge is -2.10. The third kappa shape index (κ3) is 3.04. The quantitative estimate of drug-likeness (QED) is 0.800. The number of halogens is 3. The van der Waals surface area contributed by atoms with Crippen LogP contribution in [0.4, 0.5) is 8.78 Å². The molecule has 0 fully saturated rings. The van der Waals surface area contributed by atoms with Gasteiger partial charge >= 0.3 is 0 Å². The summed E-state index contributed by atoms with van der Waals surface area (Å²) in [5.74, 6) is -0.694. The van der Waals surface area contributed by atoms with Gasteiger partial charge in [0.2, 0.25) is 0 Å². The van der Waals surface area contributed by atoms with E-state index in [1.165, 1.54) is 18.3 Å².